The summed E-state index contributed by atoms with van der Waals surface area (Å²) in [7, 11) is 0. The predicted molar refractivity (Wildman–Crippen MR) is 178 cm³/mol. The molecule has 0 heterocycles. The maximum absolute atomic E-state index is 12.9. The number of nitrogens with one attached hydrogen (secondary N) is 2. The third kappa shape index (κ3) is 9.06. The average Bonchev–Trinajstić information content (AvgIpc) is 3.07. The lowest BCUT2D eigenvalue weighted by molar-refractivity contribution is -0.150. The molecule has 0 saturated carbocycles. The number of hydrogen-bond donors (Lipinski definition) is 3. The zero-order valence-electron chi connectivity index (χ0n) is 24.7. The number of halogens is 1. The van der Waals surface area contributed by atoms with E-state index in [4.69, 9.17) is 9.47 Å². The van der Waals surface area contributed by atoms with Crippen molar-refractivity contribution in [2.24, 2.45) is 0 Å². The smallest absolute Gasteiger partial charge is 0.394 e. The van der Waals surface area contributed by atoms with Gasteiger partial charge in [0.15, 0.2) is 0 Å². The Bertz CT molecular complexity index is 1780. The Morgan fingerprint density at radius 1 is 0.696 bits per heavy atom. The zero-order chi connectivity index (χ0) is 32.3. The van der Waals surface area contributed by atoms with Crippen molar-refractivity contribution in [2.75, 3.05) is 6.54 Å². The summed E-state index contributed by atoms with van der Waals surface area (Å²) in [6, 6.07) is 38.3. The molecular weight excluding hydrogens is 648 g/mol. The highest BCUT2D eigenvalue weighted by Crippen LogP contribution is 2.28. The van der Waals surface area contributed by atoms with Gasteiger partial charge in [-0.3, -0.25) is 9.59 Å². The molecule has 3 N–H and O–H groups in total. The fraction of sp³-hybridized carbons (Fsp3) is 0.108. The van der Waals surface area contributed by atoms with E-state index in [0.29, 0.717) is 40.1 Å². The number of aliphatic carboxylic acids is 1. The first-order valence-electron chi connectivity index (χ1n) is 14.6. The SMILES string of the molecule is O=C(O)C(=O)NC(Cc1ccc(C(=O)NCCc2ccc(Oc3ccccc3)cc2)cc1Br)c1ccc(Oc2ccccc2)cc1. The predicted octanol–water partition coefficient (Wildman–Crippen LogP) is 7.49. The van der Waals surface area contributed by atoms with Crippen LogP contribution in [0.25, 0.3) is 0 Å². The number of benzene rings is 5. The molecule has 5 aromatic carbocycles. The second-order valence-electron chi connectivity index (χ2n) is 10.4. The number of hydrogen-bond acceptors (Lipinski definition) is 5. The van der Waals surface area contributed by atoms with Crippen molar-refractivity contribution in [1.29, 1.82) is 0 Å². The molecule has 1 atom stereocenters. The first kappa shape index (κ1) is 32.0. The van der Waals surface area contributed by atoms with Crippen LogP contribution in [0.1, 0.15) is 33.1 Å². The Morgan fingerprint density at radius 3 is 1.78 bits per heavy atom. The van der Waals surface area contributed by atoms with Crippen LogP contribution in [-0.2, 0) is 22.4 Å². The lowest BCUT2D eigenvalue weighted by Crippen LogP contribution is -2.35. The topological polar surface area (TPSA) is 114 Å². The van der Waals surface area contributed by atoms with Gasteiger partial charge in [-0.05, 0) is 90.2 Å². The van der Waals surface area contributed by atoms with Crippen molar-refractivity contribution in [1.82, 2.24) is 10.6 Å². The van der Waals surface area contributed by atoms with Gasteiger partial charge >= 0.3 is 11.9 Å². The molecule has 0 aromatic heterocycles. The number of carboxylic acids is 1. The van der Waals surface area contributed by atoms with Crippen LogP contribution in [-0.4, -0.2) is 29.4 Å². The van der Waals surface area contributed by atoms with Crippen molar-refractivity contribution in [2.45, 2.75) is 18.9 Å². The number of carbonyl (C=O) groups is 3. The Kier molecular flexibility index (Phi) is 10.8. The van der Waals surface area contributed by atoms with Crippen molar-refractivity contribution in [3.8, 4) is 23.0 Å². The second kappa shape index (κ2) is 15.5. The summed E-state index contributed by atoms with van der Waals surface area (Å²) in [6.07, 6.45) is 0.932. The molecule has 0 aliphatic rings. The number of carbonyl (C=O) groups excluding carboxylic acids is 2. The Morgan fingerprint density at radius 2 is 1.24 bits per heavy atom. The molecule has 0 radical (unpaired) electrons. The van der Waals surface area contributed by atoms with Gasteiger partial charge in [-0.25, -0.2) is 4.79 Å². The maximum Gasteiger partial charge on any atom is 0.394 e. The highest BCUT2D eigenvalue weighted by atomic mass is 79.9. The third-order valence-corrected chi connectivity index (χ3v) is 7.84. The van der Waals surface area contributed by atoms with E-state index in [1.54, 1.807) is 42.5 Å². The molecule has 2 amide bonds. The number of amides is 2. The van der Waals surface area contributed by atoms with Gasteiger partial charge in [0.05, 0.1) is 6.04 Å². The van der Waals surface area contributed by atoms with Gasteiger partial charge in [-0.2, -0.15) is 0 Å². The minimum absolute atomic E-state index is 0.221. The molecule has 46 heavy (non-hydrogen) atoms. The number of carboxylic acid groups (broad SMARTS) is 1. The van der Waals surface area contributed by atoms with Crippen molar-refractivity contribution >= 4 is 33.7 Å². The van der Waals surface area contributed by atoms with Crippen LogP contribution >= 0.6 is 15.9 Å². The maximum atomic E-state index is 12.9. The molecule has 9 heteroatoms. The molecule has 0 saturated heterocycles. The molecule has 232 valence electrons. The van der Waals surface area contributed by atoms with Gasteiger partial charge in [0.25, 0.3) is 5.91 Å². The van der Waals surface area contributed by atoms with Crippen LogP contribution in [0.2, 0.25) is 0 Å². The van der Waals surface area contributed by atoms with Crippen LogP contribution in [0.15, 0.2) is 132 Å². The minimum Gasteiger partial charge on any atom is -0.474 e. The summed E-state index contributed by atoms with van der Waals surface area (Å²) in [4.78, 5) is 36.4. The Labute approximate surface area is 275 Å². The van der Waals surface area contributed by atoms with Crippen LogP contribution < -0.4 is 20.1 Å². The van der Waals surface area contributed by atoms with Gasteiger partial charge in [-0.15, -0.1) is 0 Å². The van der Waals surface area contributed by atoms with Gasteiger partial charge in [0.1, 0.15) is 23.0 Å². The van der Waals surface area contributed by atoms with Crippen LogP contribution in [0, 0.1) is 0 Å². The normalized spacial score (nSPS) is 11.2. The number of para-hydroxylation sites is 2. The molecule has 0 bridgehead atoms. The quantitative estimate of drug-likeness (QED) is 0.118. The molecular formula is C37H31BrN2O6. The average molecular weight is 680 g/mol. The van der Waals surface area contributed by atoms with Crippen molar-refractivity contribution in [3.63, 3.8) is 0 Å². The van der Waals surface area contributed by atoms with E-state index in [-0.39, 0.29) is 12.3 Å². The van der Waals surface area contributed by atoms with Gasteiger partial charge < -0.3 is 25.2 Å². The molecule has 5 rings (SSSR count). The summed E-state index contributed by atoms with van der Waals surface area (Å²) in [5.74, 6) is -0.116. The van der Waals surface area contributed by atoms with Crippen molar-refractivity contribution < 1.29 is 29.0 Å². The van der Waals surface area contributed by atoms with E-state index < -0.39 is 17.9 Å². The molecule has 0 fully saturated rings. The van der Waals surface area contributed by atoms with E-state index in [1.807, 2.05) is 84.9 Å². The lowest BCUT2D eigenvalue weighted by atomic mass is 9.97. The van der Waals surface area contributed by atoms with E-state index in [9.17, 15) is 19.5 Å². The highest BCUT2D eigenvalue weighted by molar-refractivity contribution is 9.10. The van der Waals surface area contributed by atoms with Crippen LogP contribution in [0.5, 0.6) is 23.0 Å². The van der Waals surface area contributed by atoms with Crippen molar-refractivity contribution in [3.05, 3.63) is 154 Å². The van der Waals surface area contributed by atoms with Gasteiger partial charge in [0.2, 0.25) is 0 Å². The van der Waals surface area contributed by atoms with E-state index >= 15 is 0 Å². The monoisotopic (exact) mass is 678 g/mol. The first-order valence-corrected chi connectivity index (χ1v) is 15.4. The lowest BCUT2D eigenvalue weighted by Gasteiger charge is -2.20. The summed E-state index contributed by atoms with van der Waals surface area (Å²) in [5.41, 5.74) is 3.01. The van der Waals surface area contributed by atoms with E-state index in [2.05, 4.69) is 26.6 Å². The minimum atomic E-state index is -1.57. The molecule has 0 aliphatic carbocycles. The zero-order valence-corrected chi connectivity index (χ0v) is 26.3. The molecule has 0 spiro atoms. The summed E-state index contributed by atoms with van der Waals surface area (Å²) in [5, 5.41) is 14.8. The van der Waals surface area contributed by atoms with E-state index in [1.165, 1.54) is 0 Å². The number of rotatable bonds is 12. The first-order chi connectivity index (χ1) is 22.3. The standard InChI is InChI=1S/C37H31BrN2O6/c38-33-23-28(35(41)39-22-21-25-11-17-31(18-12-25)45-29-7-3-1-4-8-29)14-13-27(33)24-34(40-36(42)37(43)44)26-15-19-32(20-16-26)46-30-9-5-2-6-10-30/h1-20,23,34H,21-22,24H2,(H,39,41)(H,40,42)(H,43,44). The number of ether oxygens (including phenoxy) is 2. The largest absolute Gasteiger partial charge is 0.474 e. The summed E-state index contributed by atoms with van der Waals surface area (Å²) >= 11 is 3.55. The fourth-order valence-corrected chi connectivity index (χ4v) is 5.25. The van der Waals surface area contributed by atoms with Crippen LogP contribution in [0.3, 0.4) is 0 Å². The Balaban J connectivity index is 1.18. The molecule has 0 aliphatic heterocycles. The third-order valence-electron chi connectivity index (χ3n) is 7.10. The molecule has 8 nitrogen and oxygen atoms in total. The van der Waals surface area contributed by atoms with Gasteiger partial charge in [0, 0.05) is 16.6 Å². The molecule has 5 aromatic rings. The van der Waals surface area contributed by atoms with Crippen LogP contribution in [0.4, 0.5) is 0 Å². The Hall–Kier alpha value is -5.41. The second-order valence-corrected chi connectivity index (χ2v) is 11.2. The highest BCUT2D eigenvalue weighted by Gasteiger charge is 2.21. The fourth-order valence-electron chi connectivity index (χ4n) is 4.71. The summed E-state index contributed by atoms with van der Waals surface area (Å²) in [6.45, 7) is 0.449. The molecule has 1 unspecified atom stereocenters. The summed E-state index contributed by atoms with van der Waals surface area (Å²) < 4.78 is 12.3. The van der Waals surface area contributed by atoms with E-state index in [0.717, 1.165) is 22.6 Å². The van der Waals surface area contributed by atoms with Gasteiger partial charge in [-0.1, -0.05) is 82.7 Å².